The minimum atomic E-state index is -0.487. The lowest BCUT2D eigenvalue weighted by molar-refractivity contribution is -0.138. The zero-order valence-electron chi connectivity index (χ0n) is 12.4. The topological polar surface area (TPSA) is 135 Å². The van der Waals surface area contributed by atoms with Gasteiger partial charge in [0.05, 0.1) is 12.5 Å². The SMILES string of the molecule is COC(=O)CNc1nc(/N=N/c2snc3ncncc23)ccc1O. The Morgan fingerprint density at radius 3 is 3.12 bits per heavy atom. The van der Waals surface area contributed by atoms with Crippen molar-refractivity contribution in [3.05, 3.63) is 24.7 Å². The summed E-state index contributed by atoms with van der Waals surface area (Å²) in [5, 5.41) is 21.7. The van der Waals surface area contributed by atoms with Gasteiger partial charge in [-0.25, -0.2) is 15.0 Å². The second kappa shape index (κ2) is 6.91. The van der Waals surface area contributed by atoms with Crippen LogP contribution in [0.25, 0.3) is 11.0 Å². The number of hydrogen-bond donors (Lipinski definition) is 2. The van der Waals surface area contributed by atoms with Crippen molar-refractivity contribution in [3.63, 3.8) is 0 Å². The minimum Gasteiger partial charge on any atom is -0.504 e. The number of esters is 1. The molecule has 0 amide bonds. The van der Waals surface area contributed by atoms with E-state index >= 15 is 0 Å². The van der Waals surface area contributed by atoms with Crippen molar-refractivity contribution >= 4 is 45.2 Å². The fourth-order valence-electron chi connectivity index (χ4n) is 1.71. The zero-order chi connectivity index (χ0) is 16.9. The number of nitrogens with one attached hydrogen (secondary N) is 1. The molecule has 0 saturated heterocycles. The molecule has 3 rings (SSSR count). The molecule has 0 saturated carbocycles. The zero-order valence-corrected chi connectivity index (χ0v) is 13.2. The molecule has 0 unspecified atom stereocenters. The Balaban J connectivity index is 1.81. The second-order valence-electron chi connectivity index (χ2n) is 4.41. The van der Waals surface area contributed by atoms with Gasteiger partial charge in [-0.1, -0.05) is 0 Å². The first-order valence-corrected chi connectivity index (χ1v) is 7.42. The third-order valence-electron chi connectivity index (χ3n) is 2.87. The number of aromatic hydroxyl groups is 1. The standard InChI is InChI=1S/C13H11N7O3S/c1-23-10(22)5-15-12-8(21)2-3-9(17-12)18-19-13-7-4-14-6-16-11(7)20-24-13/h2-4,6,21H,5H2,1H3,(H,15,17)/b19-18+. The summed E-state index contributed by atoms with van der Waals surface area (Å²) >= 11 is 1.14. The highest BCUT2D eigenvalue weighted by Gasteiger charge is 2.08. The van der Waals surface area contributed by atoms with Gasteiger partial charge in [0.1, 0.15) is 12.9 Å². The van der Waals surface area contributed by atoms with E-state index in [0.717, 1.165) is 11.5 Å². The van der Waals surface area contributed by atoms with Crippen LogP contribution in [0.2, 0.25) is 0 Å². The number of ether oxygens (including phenoxy) is 1. The Hall–Kier alpha value is -3.21. The molecular formula is C13H11N7O3S. The smallest absolute Gasteiger partial charge is 0.325 e. The molecule has 0 radical (unpaired) electrons. The summed E-state index contributed by atoms with van der Waals surface area (Å²) in [5.74, 6) is -0.248. The highest BCUT2D eigenvalue weighted by atomic mass is 32.1. The highest BCUT2D eigenvalue weighted by molar-refractivity contribution is 7.11. The van der Waals surface area contributed by atoms with Gasteiger partial charge in [0, 0.05) is 6.20 Å². The lowest BCUT2D eigenvalue weighted by Crippen LogP contribution is -2.15. The van der Waals surface area contributed by atoms with E-state index in [1.54, 1.807) is 6.20 Å². The van der Waals surface area contributed by atoms with Crippen LogP contribution in [-0.4, -0.2) is 44.1 Å². The van der Waals surface area contributed by atoms with E-state index < -0.39 is 5.97 Å². The molecule has 0 aliphatic carbocycles. The number of nitrogens with zero attached hydrogens (tertiary/aromatic N) is 6. The van der Waals surface area contributed by atoms with Gasteiger partial charge in [0.25, 0.3) is 0 Å². The number of aromatic nitrogens is 4. The average Bonchev–Trinajstić information content (AvgIpc) is 3.02. The molecule has 0 atom stereocenters. The summed E-state index contributed by atoms with van der Waals surface area (Å²) in [4.78, 5) is 23.2. The van der Waals surface area contributed by atoms with Crippen molar-refractivity contribution in [2.24, 2.45) is 10.2 Å². The molecule has 10 nitrogen and oxygen atoms in total. The first-order valence-electron chi connectivity index (χ1n) is 6.65. The monoisotopic (exact) mass is 345 g/mol. The van der Waals surface area contributed by atoms with Crippen LogP contribution in [0.1, 0.15) is 0 Å². The number of carbonyl (C=O) groups excluding carboxylic acids is 1. The molecule has 0 aromatic carbocycles. The van der Waals surface area contributed by atoms with Gasteiger partial charge in [-0.15, -0.1) is 10.2 Å². The molecule has 0 fully saturated rings. The van der Waals surface area contributed by atoms with Gasteiger partial charge in [0.2, 0.25) is 0 Å². The molecule has 0 aliphatic rings. The number of carbonyl (C=O) groups is 1. The molecule has 0 aliphatic heterocycles. The third-order valence-corrected chi connectivity index (χ3v) is 3.61. The Morgan fingerprint density at radius 2 is 2.29 bits per heavy atom. The number of rotatable bonds is 5. The predicted molar refractivity (Wildman–Crippen MR) is 85.8 cm³/mol. The highest BCUT2D eigenvalue weighted by Crippen LogP contribution is 2.30. The maximum atomic E-state index is 11.1. The van der Waals surface area contributed by atoms with E-state index in [1.165, 1.54) is 25.6 Å². The average molecular weight is 345 g/mol. The van der Waals surface area contributed by atoms with Crippen LogP contribution in [0.15, 0.2) is 34.9 Å². The summed E-state index contributed by atoms with van der Waals surface area (Å²) < 4.78 is 8.64. The van der Waals surface area contributed by atoms with Crippen molar-refractivity contribution in [3.8, 4) is 5.75 Å². The molecular weight excluding hydrogens is 334 g/mol. The first kappa shape index (κ1) is 15.7. The van der Waals surface area contributed by atoms with E-state index in [-0.39, 0.29) is 23.9 Å². The van der Waals surface area contributed by atoms with E-state index in [9.17, 15) is 9.90 Å². The summed E-state index contributed by atoms with van der Waals surface area (Å²) in [6, 6.07) is 2.89. The van der Waals surface area contributed by atoms with Crippen LogP contribution in [0.4, 0.5) is 16.6 Å². The Morgan fingerprint density at radius 1 is 1.42 bits per heavy atom. The van der Waals surface area contributed by atoms with Crippen molar-refractivity contribution in [1.82, 2.24) is 19.3 Å². The maximum absolute atomic E-state index is 11.1. The number of anilines is 1. The molecule has 24 heavy (non-hydrogen) atoms. The molecule has 2 N–H and O–H groups in total. The number of hydrogen-bond acceptors (Lipinski definition) is 11. The minimum absolute atomic E-state index is 0.106. The summed E-state index contributed by atoms with van der Waals surface area (Å²) in [6.07, 6.45) is 3.01. The van der Waals surface area contributed by atoms with E-state index in [4.69, 9.17) is 0 Å². The van der Waals surface area contributed by atoms with Crippen molar-refractivity contribution < 1.29 is 14.6 Å². The van der Waals surface area contributed by atoms with Crippen LogP contribution in [-0.2, 0) is 9.53 Å². The molecule has 122 valence electrons. The van der Waals surface area contributed by atoms with Crippen molar-refractivity contribution in [1.29, 1.82) is 0 Å². The van der Waals surface area contributed by atoms with Gasteiger partial charge in [-0.2, -0.15) is 4.37 Å². The van der Waals surface area contributed by atoms with Crippen molar-refractivity contribution in [2.75, 3.05) is 19.0 Å². The van der Waals surface area contributed by atoms with Crippen LogP contribution >= 0.6 is 11.5 Å². The lowest BCUT2D eigenvalue weighted by atomic mass is 10.4. The van der Waals surface area contributed by atoms with Crippen molar-refractivity contribution in [2.45, 2.75) is 0 Å². The first-order chi connectivity index (χ1) is 11.7. The largest absolute Gasteiger partial charge is 0.504 e. The van der Waals surface area contributed by atoms with Crippen LogP contribution < -0.4 is 5.32 Å². The Kier molecular flexibility index (Phi) is 4.52. The van der Waals surface area contributed by atoms with E-state index in [1.807, 2.05) is 0 Å². The fraction of sp³-hybridized carbons (Fsp3) is 0.154. The van der Waals surface area contributed by atoms with E-state index in [2.05, 4.69) is 39.6 Å². The van der Waals surface area contributed by atoms with Gasteiger partial charge < -0.3 is 15.2 Å². The predicted octanol–water partition coefficient (Wildman–Crippen LogP) is 2.19. The van der Waals surface area contributed by atoms with E-state index in [0.29, 0.717) is 16.0 Å². The van der Waals surface area contributed by atoms with Gasteiger partial charge in [-0.3, -0.25) is 4.79 Å². The third kappa shape index (κ3) is 3.41. The Bertz CT molecular complexity index is 911. The summed E-state index contributed by atoms with van der Waals surface area (Å²) in [5.41, 5.74) is 0.544. The van der Waals surface area contributed by atoms with Crippen LogP contribution in [0.5, 0.6) is 5.75 Å². The lowest BCUT2D eigenvalue weighted by Gasteiger charge is -2.06. The van der Waals surface area contributed by atoms with Gasteiger partial charge in [-0.05, 0) is 23.7 Å². The second-order valence-corrected chi connectivity index (χ2v) is 5.17. The maximum Gasteiger partial charge on any atom is 0.325 e. The molecule has 11 heteroatoms. The van der Waals surface area contributed by atoms with Gasteiger partial charge >= 0.3 is 5.97 Å². The molecule has 3 aromatic rings. The number of fused-ring (bicyclic) bond motifs is 1. The molecule has 3 heterocycles. The summed E-state index contributed by atoms with van der Waals surface area (Å²) in [7, 11) is 1.27. The quantitative estimate of drug-likeness (QED) is 0.530. The van der Waals surface area contributed by atoms with Crippen LogP contribution in [0.3, 0.4) is 0 Å². The number of pyridine rings is 1. The summed E-state index contributed by atoms with van der Waals surface area (Å²) in [6.45, 7) is -0.130. The van der Waals surface area contributed by atoms with Crippen LogP contribution in [0, 0.1) is 0 Å². The molecule has 0 bridgehead atoms. The molecule has 0 spiro atoms. The molecule has 3 aromatic heterocycles. The number of methoxy groups -OCH3 is 1. The number of azo groups is 1. The normalized spacial score (nSPS) is 11.0. The fourth-order valence-corrected chi connectivity index (χ4v) is 2.34. The Labute approximate surface area is 139 Å². The van der Waals surface area contributed by atoms with Gasteiger partial charge in [0.15, 0.2) is 28.0 Å².